The monoisotopic (exact) mass is 529 g/mol. The molecule has 196 valence electrons. The Morgan fingerprint density at radius 3 is 2.71 bits per heavy atom. The molecule has 0 spiro atoms. The van der Waals surface area contributed by atoms with Crippen molar-refractivity contribution in [2.75, 3.05) is 19.8 Å². The van der Waals surface area contributed by atoms with Gasteiger partial charge < -0.3 is 29.3 Å². The summed E-state index contributed by atoms with van der Waals surface area (Å²) in [5, 5.41) is 1.51. The Labute approximate surface area is 195 Å². The van der Waals surface area contributed by atoms with Crippen LogP contribution in [0.1, 0.15) is 32.1 Å². The number of aromatic nitrogens is 2. The summed E-state index contributed by atoms with van der Waals surface area (Å²) in [5.41, 5.74) is -2.16. The minimum atomic E-state index is -5.09. The van der Waals surface area contributed by atoms with Gasteiger partial charge in [-0.05, 0) is 13.8 Å². The Balaban J connectivity index is 2.23. The predicted octanol–water partition coefficient (Wildman–Crippen LogP) is -0.269. The molecule has 4 atom stereocenters. The van der Waals surface area contributed by atoms with Gasteiger partial charge in [0.2, 0.25) is 0 Å². The second-order valence-corrected chi connectivity index (χ2v) is 8.28. The average Bonchev–Trinajstić information content (AvgIpc) is 3.12. The van der Waals surface area contributed by atoms with E-state index in [1.54, 1.807) is 13.8 Å². The van der Waals surface area contributed by atoms with Crippen LogP contribution in [0.15, 0.2) is 15.8 Å². The molecule has 13 nitrogen and oxygen atoms in total. The number of hydrogen-bond donors (Lipinski definition) is 4. The number of carbonyl (C=O) groups excluding carboxylic acids is 1. The lowest BCUT2D eigenvalue weighted by Crippen LogP contribution is -2.37. The summed E-state index contributed by atoms with van der Waals surface area (Å²) in [4.78, 5) is 55.1. The maximum atomic E-state index is 12.3. The van der Waals surface area contributed by atoms with Crippen LogP contribution < -0.4 is 16.6 Å². The summed E-state index contributed by atoms with van der Waals surface area (Å²) in [6.07, 6.45) is -7.81. The number of amides is 1. The van der Waals surface area contributed by atoms with Crippen LogP contribution in [0.4, 0.5) is 13.2 Å². The second-order valence-electron chi connectivity index (χ2n) is 7.04. The highest BCUT2D eigenvalue weighted by atomic mass is 31.2. The van der Waals surface area contributed by atoms with Gasteiger partial charge >= 0.3 is 25.6 Å². The number of aromatic amines is 1. The summed E-state index contributed by atoms with van der Waals surface area (Å²) in [5.74, 6) is 2.22. The van der Waals surface area contributed by atoms with Crippen LogP contribution >= 0.6 is 7.82 Å². The Hall–Kier alpha value is -2.51. The van der Waals surface area contributed by atoms with Crippen LogP contribution in [0.5, 0.6) is 0 Å². The highest BCUT2D eigenvalue weighted by Crippen LogP contribution is 2.38. The van der Waals surface area contributed by atoms with Crippen molar-refractivity contribution in [2.24, 2.45) is 0 Å². The number of H-pyrrole nitrogens is 1. The van der Waals surface area contributed by atoms with Crippen molar-refractivity contribution in [1.29, 1.82) is 0 Å². The number of phosphoric acid groups is 1. The SMILES string of the molecule is CCO[C@@H](C)OC1C[C@H](n2cc(C#CCNC(=O)C(F)(F)F)c(=O)[nH]c2=O)O[C@@H]1COP(=O)(O)O. The van der Waals surface area contributed by atoms with Crippen LogP contribution in [-0.4, -0.2) is 69.7 Å². The molecule has 0 bridgehead atoms. The zero-order valence-electron chi connectivity index (χ0n) is 18.4. The molecule has 4 N–H and O–H groups in total. The number of nitrogens with zero attached hydrogens (tertiary/aromatic N) is 1. The lowest BCUT2D eigenvalue weighted by molar-refractivity contribution is -0.173. The van der Waals surface area contributed by atoms with Crippen molar-refractivity contribution in [1.82, 2.24) is 14.9 Å². The zero-order chi connectivity index (χ0) is 26.4. The largest absolute Gasteiger partial charge is 0.471 e. The number of ether oxygens (including phenoxy) is 3. The van der Waals surface area contributed by atoms with E-state index in [0.717, 1.165) is 10.8 Å². The molecule has 1 aliphatic rings. The van der Waals surface area contributed by atoms with E-state index in [1.807, 2.05) is 4.98 Å². The molecule has 1 unspecified atom stereocenters. The van der Waals surface area contributed by atoms with Gasteiger partial charge in [0, 0.05) is 19.2 Å². The minimum absolute atomic E-state index is 0.0208. The maximum absolute atomic E-state index is 12.3. The van der Waals surface area contributed by atoms with Gasteiger partial charge in [-0.15, -0.1) is 0 Å². The van der Waals surface area contributed by atoms with Crippen molar-refractivity contribution in [3.8, 4) is 11.8 Å². The Kier molecular flexibility index (Phi) is 9.81. The minimum Gasteiger partial charge on any atom is -0.353 e. The Bertz CT molecular complexity index is 1120. The van der Waals surface area contributed by atoms with Crippen molar-refractivity contribution in [3.63, 3.8) is 0 Å². The highest BCUT2D eigenvalue weighted by Gasteiger charge is 2.40. The standard InChI is InChI=1S/C18H23F3N3O10P/c1-3-31-10(2)33-12-7-14(34-13(12)9-32-35(28,29)30)24-8-11(15(25)23-17(24)27)5-4-6-22-16(26)18(19,20)21/h8,10,12-14H,3,6-7,9H2,1-2H3,(H,22,26)(H,23,25,27)(H2,28,29,30)/t10-,12?,13-,14-/m1/s1. The van der Waals surface area contributed by atoms with Gasteiger partial charge in [-0.2, -0.15) is 13.2 Å². The lowest BCUT2D eigenvalue weighted by Gasteiger charge is -2.22. The van der Waals surface area contributed by atoms with Crippen molar-refractivity contribution in [3.05, 3.63) is 32.6 Å². The molecule has 1 aromatic heterocycles. The number of alkyl halides is 3. The molecule has 1 aliphatic heterocycles. The molecule has 1 amide bonds. The summed E-state index contributed by atoms with van der Waals surface area (Å²) >= 11 is 0. The van der Waals surface area contributed by atoms with Gasteiger partial charge in [-0.25, -0.2) is 9.36 Å². The van der Waals surface area contributed by atoms with E-state index >= 15 is 0 Å². The van der Waals surface area contributed by atoms with E-state index in [2.05, 4.69) is 16.4 Å². The molecule has 2 rings (SSSR count). The van der Waals surface area contributed by atoms with Gasteiger partial charge in [-0.1, -0.05) is 11.8 Å². The fourth-order valence-corrected chi connectivity index (χ4v) is 3.35. The number of nitrogens with one attached hydrogen (secondary N) is 2. The number of halogens is 3. The van der Waals surface area contributed by atoms with Gasteiger partial charge in [0.1, 0.15) is 17.9 Å². The zero-order valence-corrected chi connectivity index (χ0v) is 19.3. The average molecular weight is 529 g/mol. The molecule has 1 saturated heterocycles. The van der Waals surface area contributed by atoms with Crippen molar-refractivity contribution < 1.29 is 51.1 Å². The van der Waals surface area contributed by atoms with Crippen LogP contribution in [0, 0.1) is 11.8 Å². The molecule has 0 aromatic carbocycles. The van der Waals surface area contributed by atoms with E-state index in [9.17, 15) is 32.1 Å². The molecule has 1 aromatic rings. The molecule has 0 radical (unpaired) electrons. The van der Waals surface area contributed by atoms with Crippen LogP contribution in [-0.2, 0) is 28.1 Å². The molecule has 0 saturated carbocycles. The van der Waals surface area contributed by atoms with E-state index in [1.165, 1.54) is 5.32 Å². The van der Waals surface area contributed by atoms with Gasteiger partial charge in [0.15, 0.2) is 6.29 Å². The number of carbonyl (C=O) groups is 1. The second kappa shape index (κ2) is 12.0. The third kappa shape index (κ3) is 8.89. The fraction of sp³-hybridized carbons (Fsp3) is 0.611. The summed E-state index contributed by atoms with van der Waals surface area (Å²) < 4.78 is 69.7. The molecule has 17 heteroatoms. The first-order valence-electron chi connectivity index (χ1n) is 10.0. The molecule has 2 heterocycles. The number of hydrogen-bond acceptors (Lipinski definition) is 8. The van der Waals surface area contributed by atoms with Gasteiger partial charge in [0.25, 0.3) is 5.56 Å². The van der Waals surface area contributed by atoms with Crippen LogP contribution in [0.3, 0.4) is 0 Å². The van der Waals surface area contributed by atoms with Crippen molar-refractivity contribution in [2.45, 2.75) is 51.2 Å². The summed E-state index contributed by atoms with van der Waals surface area (Å²) in [6, 6.07) is 0. The van der Waals surface area contributed by atoms with E-state index in [-0.39, 0.29) is 12.0 Å². The first-order valence-corrected chi connectivity index (χ1v) is 11.6. The third-order valence-corrected chi connectivity index (χ3v) is 4.94. The normalized spacial score (nSPS) is 21.3. The van der Waals surface area contributed by atoms with E-state index in [0.29, 0.717) is 6.61 Å². The first kappa shape index (κ1) is 28.7. The number of phosphoric ester groups is 1. The molecule has 0 aliphatic carbocycles. The first-order chi connectivity index (χ1) is 16.2. The van der Waals surface area contributed by atoms with Crippen molar-refractivity contribution >= 4 is 13.7 Å². The quantitative estimate of drug-likeness (QED) is 0.189. The van der Waals surface area contributed by atoms with E-state index in [4.69, 9.17) is 24.0 Å². The highest BCUT2D eigenvalue weighted by molar-refractivity contribution is 7.46. The summed E-state index contributed by atoms with van der Waals surface area (Å²) in [6.45, 7) is 2.30. The van der Waals surface area contributed by atoms with Gasteiger partial charge in [0.05, 0.1) is 19.3 Å². The Morgan fingerprint density at radius 2 is 2.11 bits per heavy atom. The predicted molar refractivity (Wildman–Crippen MR) is 110 cm³/mol. The lowest BCUT2D eigenvalue weighted by atomic mass is 10.2. The number of rotatable bonds is 9. The smallest absolute Gasteiger partial charge is 0.353 e. The van der Waals surface area contributed by atoms with Gasteiger partial charge in [-0.3, -0.25) is 23.7 Å². The molecule has 35 heavy (non-hydrogen) atoms. The van der Waals surface area contributed by atoms with E-state index < -0.39 is 69.0 Å². The third-order valence-electron chi connectivity index (χ3n) is 4.45. The molecular formula is C18H23F3N3O10P. The summed E-state index contributed by atoms with van der Waals surface area (Å²) in [7, 11) is -4.84. The molecular weight excluding hydrogens is 506 g/mol. The molecule has 1 fully saturated rings. The fourth-order valence-electron chi connectivity index (χ4n) is 3.01. The topological polar surface area (TPSA) is 178 Å². The maximum Gasteiger partial charge on any atom is 0.471 e. The Morgan fingerprint density at radius 1 is 1.43 bits per heavy atom. The van der Waals surface area contributed by atoms with Crippen LogP contribution in [0.2, 0.25) is 0 Å². The van der Waals surface area contributed by atoms with Crippen LogP contribution in [0.25, 0.3) is 0 Å².